The zero-order valence-corrected chi connectivity index (χ0v) is 9.74. The molecule has 0 bridgehead atoms. The molecule has 0 radical (unpaired) electrons. The van der Waals surface area contributed by atoms with E-state index in [2.05, 4.69) is 27.0 Å². The molecule has 1 aromatic heterocycles. The van der Waals surface area contributed by atoms with Crippen LogP contribution in [-0.4, -0.2) is 33.5 Å². The summed E-state index contributed by atoms with van der Waals surface area (Å²) in [7, 11) is 0. The van der Waals surface area contributed by atoms with Crippen molar-refractivity contribution in [2.45, 2.75) is 37.0 Å². The number of rotatable bonds is 2. The molecule has 1 aliphatic heterocycles. The van der Waals surface area contributed by atoms with Crippen molar-refractivity contribution in [2.24, 2.45) is 5.92 Å². The predicted molar refractivity (Wildman–Crippen MR) is 60.1 cm³/mol. The molecule has 0 spiro atoms. The van der Waals surface area contributed by atoms with Gasteiger partial charge >= 0.3 is 0 Å². The quantitative estimate of drug-likeness (QED) is 0.711. The number of aromatic nitrogens is 3. The third kappa shape index (κ3) is 1.49. The summed E-state index contributed by atoms with van der Waals surface area (Å²) < 4.78 is 0. The highest BCUT2D eigenvalue weighted by atomic mass is 32.2. The Labute approximate surface area is 93.5 Å². The summed E-state index contributed by atoms with van der Waals surface area (Å²) in [5.41, 5.74) is 0. The average Bonchev–Trinajstić information content (AvgIpc) is 2.92. The first kappa shape index (κ1) is 9.39. The molecule has 5 heteroatoms. The van der Waals surface area contributed by atoms with Crippen molar-refractivity contribution in [2.75, 3.05) is 11.2 Å². The van der Waals surface area contributed by atoms with Gasteiger partial charge in [-0.25, -0.2) is 4.98 Å². The van der Waals surface area contributed by atoms with E-state index in [9.17, 15) is 0 Å². The first-order valence-corrected chi connectivity index (χ1v) is 6.54. The third-order valence-corrected chi connectivity index (χ3v) is 3.89. The van der Waals surface area contributed by atoms with Crippen molar-refractivity contribution in [3.05, 3.63) is 6.20 Å². The summed E-state index contributed by atoms with van der Waals surface area (Å²) in [6.45, 7) is 2.26. The summed E-state index contributed by atoms with van der Waals surface area (Å²) in [5.74, 6) is 1.85. The molecule has 1 saturated heterocycles. The molecule has 1 saturated carbocycles. The summed E-state index contributed by atoms with van der Waals surface area (Å²) >= 11 is 1.53. The topological polar surface area (TPSA) is 41.9 Å². The Kier molecular flexibility index (Phi) is 2.09. The highest BCUT2D eigenvalue weighted by Crippen LogP contribution is 2.48. The highest BCUT2D eigenvalue weighted by molar-refractivity contribution is 7.98. The minimum Gasteiger partial charge on any atom is -0.348 e. The number of hydrogen-bond acceptors (Lipinski definition) is 5. The Morgan fingerprint density at radius 2 is 2.27 bits per heavy atom. The van der Waals surface area contributed by atoms with E-state index >= 15 is 0 Å². The molecular weight excluding hydrogens is 208 g/mol. The molecule has 15 heavy (non-hydrogen) atoms. The maximum absolute atomic E-state index is 4.28. The summed E-state index contributed by atoms with van der Waals surface area (Å²) in [4.78, 5) is 6.66. The van der Waals surface area contributed by atoms with Crippen LogP contribution < -0.4 is 4.90 Å². The summed E-state index contributed by atoms with van der Waals surface area (Å²) in [6.07, 6.45) is 6.45. The highest BCUT2D eigenvalue weighted by Gasteiger charge is 2.51. The van der Waals surface area contributed by atoms with Gasteiger partial charge in [-0.05, 0) is 31.9 Å². The smallest absolute Gasteiger partial charge is 0.208 e. The molecular formula is C10H14N4S. The van der Waals surface area contributed by atoms with Crippen LogP contribution in [0.25, 0.3) is 0 Å². The number of piperidine rings is 1. The van der Waals surface area contributed by atoms with Gasteiger partial charge in [-0.1, -0.05) is 11.8 Å². The number of nitrogens with zero attached hydrogens (tertiary/aromatic N) is 4. The SMILES string of the molecule is CSc1ncc(N2C(C)CC3CC32)nn1. The molecule has 2 aliphatic rings. The van der Waals surface area contributed by atoms with Crippen LogP contribution in [0, 0.1) is 5.92 Å². The summed E-state index contributed by atoms with van der Waals surface area (Å²) in [6, 6.07) is 1.32. The molecule has 1 aromatic rings. The van der Waals surface area contributed by atoms with E-state index in [4.69, 9.17) is 0 Å². The van der Waals surface area contributed by atoms with E-state index in [1.54, 1.807) is 0 Å². The standard InChI is InChI=1S/C10H14N4S/c1-6-3-7-4-8(7)14(6)9-5-11-10(15-2)13-12-9/h5-8H,3-4H2,1-2H3. The van der Waals surface area contributed by atoms with E-state index in [0.717, 1.165) is 22.9 Å². The van der Waals surface area contributed by atoms with Gasteiger partial charge in [0, 0.05) is 12.1 Å². The normalized spacial score (nSPS) is 32.9. The van der Waals surface area contributed by atoms with Crippen LogP contribution in [0.3, 0.4) is 0 Å². The fraction of sp³-hybridized carbons (Fsp3) is 0.700. The van der Waals surface area contributed by atoms with Gasteiger partial charge in [0.05, 0.1) is 6.20 Å². The van der Waals surface area contributed by atoms with Gasteiger partial charge < -0.3 is 4.90 Å². The van der Waals surface area contributed by atoms with E-state index in [1.807, 2.05) is 12.5 Å². The molecule has 0 aromatic carbocycles. The number of hydrogen-bond donors (Lipinski definition) is 0. The minimum atomic E-state index is 0.602. The second-order valence-corrected chi connectivity index (χ2v) is 5.13. The largest absolute Gasteiger partial charge is 0.348 e. The molecule has 3 unspecified atom stereocenters. The van der Waals surface area contributed by atoms with Crippen molar-refractivity contribution in [3.8, 4) is 0 Å². The maximum atomic E-state index is 4.28. The third-order valence-electron chi connectivity index (χ3n) is 3.34. The van der Waals surface area contributed by atoms with Crippen LogP contribution in [0.1, 0.15) is 19.8 Å². The van der Waals surface area contributed by atoms with Gasteiger partial charge in [-0.2, -0.15) is 0 Å². The van der Waals surface area contributed by atoms with Gasteiger partial charge in [-0.15, -0.1) is 10.2 Å². The molecule has 2 heterocycles. The number of anilines is 1. The Hall–Kier alpha value is -0.840. The van der Waals surface area contributed by atoms with Gasteiger partial charge in [0.25, 0.3) is 0 Å². The zero-order chi connectivity index (χ0) is 10.4. The van der Waals surface area contributed by atoms with Crippen LogP contribution in [0.5, 0.6) is 0 Å². The van der Waals surface area contributed by atoms with Crippen molar-refractivity contribution >= 4 is 17.6 Å². The fourth-order valence-electron chi connectivity index (χ4n) is 2.57. The van der Waals surface area contributed by atoms with Crippen LogP contribution in [0.4, 0.5) is 5.82 Å². The lowest BCUT2D eigenvalue weighted by molar-refractivity contribution is 0.631. The van der Waals surface area contributed by atoms with Crippen LogP contribution in [0.2, 0.25) is 0 Å². The maximum Gasteiger partial charge on any atom is 0.208 e. The molecule has 80 valence electrons. The molecule has 0 N–H and O–H groups in total. The Bertz CT molecular complexity index is 364. The van der Waals surface area contributed by atoms with Crippen molar-refractivity contribution in [1.82, 2.24) is 15.2 Å². The lowest BCUT2D eigenvalue weighted by atomic mass is 10.2. The van der Waals surface area contributed by atoms with Crippen molar-refractivity contribution in [3.63, 3.8) is 0 Å². The van der Waals surface area contributed by atoms with Gasteiger partial charge in [0.1, 0.15) is 0 Å². The van der Waals surface area contributed by atoms with Gasteiger partial charge in [0.15, 0.2) is 5.82 Å². The first-order chi connectivity index (χ1) is 7.29. The van der Waals surface area contributed by atoms with E-state index < -0.39 is 0 Å². The number of fused-ring (bicyclic) bond motifs is 1. The Morgan fingerprint density at radius 3 is 2.80 bits per heavy atom. The van der Waals surface area contributed by atoms with Gasteiger partial charge in [-0.3, -0.25) is 0 Å². The van der Waals surface area contributed by atoms with Crippen LogP contribution in [0.15, 0.2) is 11.4 Å². The molecule has 0 amide bonds. The van der Waals surface area contributed by atoms with Crippen LogP contribution >= 0.6 is 11.8 Å². The second-order valence-electron chi connectivity index (χ2n) is 4.36. The average molecular weight is 222 g/mol. The first-order valence-electron chi connectivity index (χ1n) is 5.31. The van der Waals surface area contributed by atoms with Crippen LogP contribution in [-0.2, 0) is 0 Å². The lowest BCUT2D eigenvalue weighted by Crippen LogP contribution is -2.31. The summed E-state index contributed by atoms with van der Waals surface area (Å²) in [5, 5.41) is 9.09. The minimum absolute atomic E-state index is 0.602. The number of thioether (sulfide) groups is 1. The Balaban J connectivity index is 1.85. The fourth-order valence-corrected chi connectivity index (χ4v) is 2.85. The molecule has 1 aliphatic carbocycles. The van der Waals surface area contributed by atoms with E-state index in [1.165, 1.54) is 24.6 Å². The van der Waals surface area contributed by atoms with E-state index in [-0.39, 0.29) is 0 Å². The zero-order valence-electron chi connectivity index (χ0n) is 8.92. The molecule has 3 rings (SSSR count). The lowest BCUT2D eigenvalue weighted by Gasteiger charge is -2.24. The second kappa shape index (κ2) is 3.33. The van der Waals surface area contributed by atoms with Crippen molar-refractivity contribution < 1.29 is 0 Å². The monoisotopic (exact) mass is 222 g/mol. The van der Waals surface area contributed by atoms with E-state index in [0.29, 0.717) is 6.04 Å². The molecule has 2 fully saturated rings. The molecule has 4 nitrogen and oxygen atoms in total. The predicted octanol–water partition coefficient (Wildman–Crippen LogP) is 1.58. The van der Waals surface area contributed by atoms with Gasteiger partial charge in [0.2, 0.25) is 5.16 Å². The molecule has 3 atom stereocenters. The van der Waals surface area contributed by atoms with Crippen molar-refractivity contribution in [1.29, 1.82) is 0 Å². The Morgan fingerprint density at radius 1 is 1.40 bits per heavy atom.